The van der Waals surface area contributed by atoms with Gasteiger partial charge in [0.1, 0.15) is 0 Å². The van der Waals surface area contributed by atoms with Crippen LogP contribution < -0.4 is 0 Å². The third kappa shape index (κ3) is 7.17. The predicted molar refractivity (Wildman–Crippen MR) is 66.6 cm³/mol. The van der Waals surface area contributed by atoms with E-state index in [4.69, 9.17) is 0 Å². The second-order valence-electron chi connectivity index (χ2n) is 4.41. The molecule has 0 saturated heterocycles. The second kappa shape index (κ2) is 9.30. The van der Waals surface area contributed by atoms with Crippen molar-refractivity contribution in [2.45, 2.75) is 72.1 Å². The van der Waals surface area contributed by atoms with Gasteiger partial charge < -0.3 is 0 Å². The fourth-order valence-corrected chi connectivity index (χ4v) is 1.86. The molecule has 0 heteroatoms. The molecule has 0 saturated carbocycles. The molecule has 1 unspecified atom stereocenters. The molecule has 0 aromatic heterocycles. The Morgan fingerprint density at radius 3 is 2.21 bits per heavy atom. The van der Waals surface area contributed by atoms with Gasteiger partial charge in [0.2, 0.25) is 0 Å². The van der Waals surface area contributed by atoms with E-state index < -0.39 is 0 Å². The van der Waals surface area contributed by atoms with Crippen molar-refractivity contribution in [1.82, 2.24) is 0 Å². The van der Waals surface area contributed by atoms with Crippen molar-refractivity contribution in [2.24, 2.45) is 5.92 Å². The molecular formula is C14H28. The Kier molecular flexibility index (Phi) is 9.13. The van der Waals surface area contributed by atoms with Crippen LogP contribution in [0.3, 0.4) is 0 Å². The molecule has 1 atom stereocenters. The van der Waals surface area contributed by atoms with E-state index >= 15 is 0 Å². The molecule has 0 nitrogen and oxygen atoms in total. The van der Waals surface area contributed by atoms with Crippen LogP contribution in [0.5, 0.6) is 0 Å². The summed E-state index contributed by atoms with van der Waals surface area (Å²) in [6.45, 7) is 10.9. The van der Waals surface area contributed by atoms with E-state index in [0.29, 0.717) is 0 Å². The molecule has 0 aliphatic carbocycles. The van der Waals surface area contributed by atoms with E-state index in [1.807, 2.05) is 0 Å². The standard InChI is InChI=1S/C14H28/c1-5-8-11-14(7-3)12-9-10-13(4)6-2/h14H,4-12H2,1-3H3. The molecule has 0 aromatic carbocycles. The zero-order valence-electron chi connectivity index (χ0n) is 10.4. The van der Waals surface area contributed by atoms with Crippen molar-refractivity contribution in [3.8, 4) is 0 Å². The van der Waals surface area contributed by atoms with Crippen LogP contribution in [0.25, 0.3) is 0 Å². The highest BCUT2D eigenvalue weighted by Gasteiger charge is 2.05. The second-order valence-corrected chi connectivity index (χ2v) is 4.41. The van der Waals surface area contributed by atoms with E-state index in [1.165, 1.54) is 50.5 Å². The molecule has 0 N–H and O–H groups in total. The van der Waals surface area contributed by atoms with Crippen molar-refractivity contribution in [3.05, 3.63) is 12.2 Å². The molecule has 0 heterocycles. The van der Waals surface area contributed by atoms with Crippen molar-refractivity contribution >= 4 is 0 Å². The van der Waals surface area contributed by atoms with Crippen LogP contribution in [0, 0.1) is 5.92 Å². The summed E-state index contributed by atoms with van der Waals surface area (Å²) < 4.78 is 0. The number of hydrogen-bond acceptors (Lipinski definition) is 0. The summed E-state index contributed by atoms with van der Waals surface area (Å²) in [7, 11) is 0. The Hall–Kier alpha value is -0.260. The number of allylic oxidation sites excluding steroid dienone is 1. The Labute approximate surface area is 90.8 Å². The minimum absolute atomic E-state index is 0.972. The lowest BCUT2D eigenvalue weighted by Gasteiger charge is -2.14. The van der Waals surface area contributed by atoms with Gasteiger partial charge >= 0.3 is 0 Å². The van der Waals surface area contributed by atoms with Crippen LogP contribution in [-0.4, -0.2) is 0 Å². The maximum atomic E-state index is 4.06. The summed E-state index contributed by atoms with van der Waals surface area (Å²) in [5, 5.41) is 0. The normalized spacial score (nSPS) is 12.8. The first kappa shape index (κ1) is 13.7. The third-order valence-electron chi connectivity index (χ3n) is 3.19. The van der Waals surface area contributed by atoms with Crippen molar-refractivity contribution < 1.29 is 0 Å². The molecule has 0 amide bonds. The topological polar surface area (TPSA) is 0 Å². The van der Waals surface area contributed by atoms with Crippen LogP contribution in [-0.2, 0) is 0 Å². The minimum Gasteiger partial charge on any atom is -0.0999 e. The van der Waals surface area contributed by atoms with Gasteiger partial charge in [0.15, 0.2) is 0 Å². The van der Waals surface area contributed by atoms with Crippen molar-refractivity contribution in [2.75, 3.05) is 0 Å². The molecule has 14 heavy (non-hydrogen) atoms. The average Bonchev–Trinajstić information content (AvgIpc) is 2.22. The molecule has 0 fully saturated rings. The molecule has 0 spiro atoms. The minimum atomic E-state index is 0.972. The number of unbranched alkanes of at least 4 members (excludes halogenated alkanes) is 1. The van der Waals surface area contributed by atoms with Gasteiger partial charge in [-0.25, -0.2) is 0 Å². The lowest BCUT2D eigenvalue weighted by molar-refractivity contribution is 0.409. The first-order chi connectivity index (χ1) is 6.74. The Balaban J connectivity index is 3.46. The molecule has 0 aliphatic rings. The quantitative estimate of drug-likeness (QED) is 0.437. The number of hydrogen-bond donors (Lipinski definition) is 0. The highest BCUT2D eigenvalue weighted by atomic mass is 14.1. The average molecular weight is 196 g/mol. The SMILES string of the molecule is C=C(CC)CCCC(CC)CCCC. The Bertz CT molecular complexity index is 135. The summed E-state index contributed by atoms with van der Waals surface area (Å²) in [4.78, 5) is 0. The smallest absolute Gasteiger partial charge is 0.0323 e. The maximum absolute atomic E-state index is 4.06. The number of rotatable bonds is 9. The van der Waals surface area contributed by atoms with Gasteiger partial charge in [-0.15, -0.1) is 0 Å². The van der Waals surface area contributed by atoms with Crippen LogP contribution in [0.4, 0.5) is 0 Å². The largest absolute Gasteiger partial charge is 0.0999 e. The molecule has 0 aliphatic heterocycles. The van der Waals surface area contributed by atoms with Gasteiger partial charge in [0.25, 0.3) is 0 Å². The van der Waals surface area contributed by atoms with Crippen LogP contribution in [0.15, 0.2) is 12.2 Å². The molecule has 84 valence electrons. The third-order valence-corrected chi connectivity index (χ3v) is 3.19. The molecule has 0 rings (SSSR count). The van der Waals surface area contributed by atoms with Gasteiger partial charge in [0.05, 0.1) is 0 Å². The first-order valence-corrected chi connectivity index (χ1v) is 6.41. The van der Waals surface area contributed by atoms with Crippen LogP contribution in [0.1, 0.15) is 72.1 Å². The van der Waals surface area contributed by atoms with Gasteiger partial charge in [-0.3, -0.25) is 0 Å². The van der Waals surface area contributed by atoms with Gasteiger partial charge in [-0.1, -0.05) is 65.0 Å². The zero-order chi connectivity index (χ0) is 10.8. The summed E-state index contributed by atoms with van der Waals surface area (Å²) in [6.07, 6.45) is 10.7. The Morgan fingerprint density at radius 1 is 1.07 bits per heavy atom. The Morgan fingerprint density at radius 2 is 1.71 bits per heavy atom. The highest BCUT2D eigenvalue weighted by molar-refractivity contribution is 4.91. The summed E-state index contributed by atoms with van der Waals surface area (Å²) in [5.41, 5.74) is 1.43. The summed E-state index contributed by atoms with van der Waals surface area (Å²) in [5.74, 6) is 0.972. The van der Waals surface area contributed by atoms with E-state index in [9.17, 15) is 0 Å². The maximum Gasteiger partial charge on any atom is -0.0323 e. The fourth-order valence-electron chi connectivity index (χ4n) is 1.86. The fraction of sp³-hybridized carbons (Fsp3) is 0.857. The van der Waals surface area contributed by atoms with Crippen molar-refractivity contribution in [1.29, 1.82) is 0 Å². The van der Waals surface area contributed by atoms with E-state index in [-0.39, 0.29) is 0 Å². The molecule has 0 radical (unpaired) electrons. The monoisotopic (exact) mass is 196 g/mol. The van der Waals surface area contributed by atoms with E-state index in [1.54, 1.807) is 0 Å². The van der Waals surface area contributed by atoms with Gasteiger partial charge in [-0.2, -0.15) is 0 Å². The zero-order valence-corrected chi connectivity index (χ0v) is 10.4. The summed E-state index contributed by atoms with van der Waals surface area (Å²) >= 11 is 0. The molecular weight excluding hydrogens is 168 g/mol. The summed E-state index contributed by atoms with van der Waals surface area (Å²) in [6, 6.07) is 0. The molecule has 0 aromatic rings. The van der Waals surface area contributed by atoms with Gasteiger partial charge in [0, 0.05) is 0 Å². The lowest BCUT2D eigenvalue weighted by atomic mass is 9.92. The molecule has 0 bridgehead atoms. The van der Waals surface area contributed by atoms with Gasteiger partial charge in [-0.05, 0) is 25.2 Å². The van der Waals surface area contributed by atoms with E-state index in [2.05, 4.69) is 27.4 Å². The van der Waals surface area contributed by atoms with E-state index in [0.717, 1.165) is 12.3 Å². The van der Waals surface area contributed by atoms with Crippen LogP contribution >= 0.6 is 0 Å². The first-order valence-electron chi connectivity index (χ1n) is 6.41. The predicted octanol–water partition coefficient (Wildman–Crippen LogP) is 5.34. The lowest BCUT2D eigenvalue weighted by Crippen LogP contribution is -1.99. The van der Waals surface area contributed by atoms with Crippen LogP contribution in [0.2, 0.25) is 0 Å². The highest BCUT2D eigenvalue weighted by Crippen LogP contribution is 2.20. The van der Waals surface area contributed by atoms with Crippen molar-refractivity contribution in [3.63, 3.8) is 0 Å².